The number of nitrogens with one attached hydrogen (secondary N) is 1. The van der Waals surface area contributed by atoms with Gasteiger partial charge in [-0.3, -0.25) is 4.57 Å². The highest BCUT2D eigenvalue weighted by atomic mass is 19.1. The number of aromatic nitrogens is 4. The van der Waals surface area contributed by atoms with Gasteiger partial charge in [0.25, 0.3) is 0 Å². The van der Waals surface area contributed by atoms with E-state index in [1.807, 2.05) is 28.8 Å². The van der Waals surface area contributed by atoms with Crippen LogP contribution in [0.3, 0.4) is 0 Å². The molecule has 1 N–H and O–H groups in total. The number of piperidine rings is 1. The third kappa shape index (κ3) is 2.91. The first-order valence-corrected chi connectivity index (χ1v) is 9.58. The van der Waals surface area contributed by atoms with Crippen molar-refractivity contribution >= 4 is 27.8 Å². The molecule has 0 saturated carbocycles. The Hall–Kier alpha value is -3.42. The van der Waals surface area contributed by atoms with E-state index in [4.69, 9.17) is 4.74 Å². The number of methoxy groups -OCH3 is 1. The second-order valence-corrected chi connectivity index (χ2v) is 7.24. The summed E-state index contributed by atoms with van der Waals surface area (Å²) in [5, 5.41) is 0.758. The van der Waals surface area contributed by atoms with E-state index in [0.717, 1.165) is 48.2 Å². The number of hydrogen-bond donors (Lipinski definition) is 1. The van der Waals surface area contributed by atoms with Gasteiger partial charge in [0, 0.05) is 30.6 Å². The summed E-state index contributed by atoms with van der Waals surface area (Å²) in [6.45, 7) is 1.48. The SMILES string of the molecule is COc1cc2c(N3CCC(n4c(=O)[nH]c5ccccc54)CC3)ncnc2cc1F. The molecule has 29 heavy (non-hydrogen) atoms. The molecule has 148 valence electrons. The van der Waals surface area contributed by atoms with Crippen LogP contribution < -0.4 is 15.3 Å². The van der Waals surface area contributed by atoms with Crippen molar-refractivity contribution in [3.63, 3.8) is 0 Å². The van der Waals surface area contributed by atoms with Crippen molar-refractivity contribution in [1.82, 2.24) is 19.5 Å². The summed E-state index contributed by atoms with van der Waals surface area (Å²) in [5.74, 6) is 0.494. The quantitative estimate of drug-likeness (QED) is 0.578. The highest BCUT2D eigenvalue weighted by molar-refractivity contribution is 5.90. The molecule has 0 spiro atoms. The lowest BCUT2D eigenvalue weighted by Gasteiger charge is -2.33. The molecule has 0 unspecified atom stereocenters. The van der Waals surface area contributed by atoms with Gasteiger partial charge in [0.1, 0.15) is 12.1 Å². The van der Waals surface area contributed by atoms with Gasteiger partial charge in [-0.25, -0.2) is 19.2 Å². The third-order valence-electron chi connectivity index (χ3n) is 5.64. The molecule has 1 fully saturated rings. The van der Waals surface area contributed by atoms with Gasteiger partial charge in [0.15, 0.2) is 11.6 Å². The molecule has 1 saturated heterocycles. The van der Waals surface area contributed by atoms with Crippen molar-refractivity contribution < 1.29 is 9.13 Å². The zero-order valence-corrected chi connectivity index (χ0v) is 15.9. The van der Waals surface area contributed by atoms with Crippen molar-refractivity contribution in [3.8, 4) is 5.75 Å². The molecule has 7 nitrogen and oxygen atoms in total. The van der Waals surface area contributed by atoms with Gasteiger partial charge in [0.2, 0.25) is 0 Å². The van der Waals surface area contributed by atoms with Crippen LogP contribution in [-0.2, 0) is 0 Å². The summed E-state index contributed by atoms with van der Waals surface area (Å²) in [6, 6.07) is 10.9. The van der Waals surface area contributed by atoms with Gasteiger partial charge in [-0.2, -0.15) is 0 Å². The van der Waals surface area contributed by atoms with Crippen LogP contribution in [0.25, 0.3) is 21.9 Å². The maximum absolute atomic E-state index is 14.0. The number of nitrogens with zero attached hydrogens (tertiary/aromatic N) is 4. The summed E-state index contributed by atoms with van der Waals surface area (Å²) in [4.78, 5) is 26.2. The second-order valence-electron chi connectivity index (χ2n) is 7.24. The predicted molar refractivity (Wildman–Crippen MR) is 109 cm³/mol. The average Bonchev–Trinajstić information content (AvgIpc) is 3.08. The lowest BCUT2D eigenvalue weighted by Crippen LogP contribution is -2.37. The van der Waals surface area contributed by atoms with Crippen LogP contribution in [-0.4, -0.2) is 39.7 Å². The molecule has 8 heteroatoms. The number of H-pyrrole nitrogens is 1. The molecule has 0 radical (unpaired) electrons. The number of hydrogen-bond acceptors (Lipinski definition) is 5. The minimum atomic E-state index is -0.443. The molecule has 2 aromatic heterocycles. The van der Waals surface area contributed by atoms with Gasteiger partial charge in [-0.15, -0.1) is 0 Å². The molecule has 1 aliphatic heterocycles. The number of fused-ring (bicyclic) bond motifs is 2. The van der Waals surface area contributed by atoms with Gasteiger partial charge in [-0.05, 0) is 31.0 Å². The Bertz CT molecular complexity index is 1260. The van der Waals surface area contributed by atoms with E-state index in [-0.39, 0.29) is 17.5 Å². The number of imidazole rings is 1. The van der Waals surface area contributed by atoms with Gasteiger partial charge < -0.3 is 14.6 Å². The van der Waals surface area contributed by atoms with Crippen LogP contribution in [0.15, 0.2) is 47.5 Å². The van der Waals surface area contributed by atoms with Gasteiger partial charge >= 0.3 is 5.69 Å². The van der Waals surface area contributed by atoms with Crippen molar-refractivity contribution in [1.29, 1.82) is 0 Å². The summed E-state index contributed by atoms with van der Waals surface area (Å²) in [5.41, 5.74) is 2.26. The van der Waals surface area contributed by atoms with Gasteiger partial charge in [0.05, 0.1) is 23.7 Å². The summed E-state index contributed by atoms with van der Waals surface area (Å²) in [7, 11) is 1.44. The van der Waals surface area contributed by atoms with Crippen LogP contribution in [0.5, 0.6) is 5.75 Å². The molecule has 5 rings (SSSR count). The van der Waals surface area contributed by atoms with Crippen molar-refractivity contribution in [2.24, 2.45) is 0 Å². The lowest BCUT2D eigenvalue weighted by atomic mass is 10.0. The summed E-state index contributed by atoms with van der Waals surface area (Å²) >= 11 is 0. The van der Waals surface area contributed by atoms with E-state index >= 15 is 0 Å². The smallest absolute Gasteiger partial charge is 0.326 e. The molecular weight excluding hydrogens is 373 g/mol. The lowest BCUT2D eigenvalue weighted by molar-refractivity contribution is 0.387. The molecule has 2 aromatic carbocycles. The highest BCUT2D eigenvalue weighted by Gasteiger charge is 2.25. The number of aromatic amines is 1. The fraction of sp³-hybridized carbons (Fsp3) is 0.286. The van der Waals surface area contributed by atoms with Crippen LogP contribution in [0.2, 0.25) is 0 Å². The minimum Gasteiger partial charge on any atom is -0.494 e. The zero-order valence-electron chi connectivity index (χ0n) is 15.9. The predicted octanol–water partition coefficient (Wildman–Crippen LogP) is 3.26. The normalized spacial score (nSPS) is 15.3. The molecule has 0 aliphatic carbocycles. The molecule has 4 aromatic rings. The molecule has 0 amide bonds. The standard InChI is InChI=1S/C21H20FN5O2/c1-29-19-10-14-17(11-15(19)22)23-12-24-20(14)26-8-6-13(7-9-26)27-18-5-3-2-4-16(18)25-21(27)28/h2-5,10-13H,6-9H2,1H3,(H,25,28). The number of rotatable bonds is 3. The Morgan fingerprint density at radius 3 is 2.76 bits per heavy atom. The third-order valence-corrected chi connectivity index (χ3v) is 5.64. The fourth-order valence-corrected chi connectivity index (χ4v) is 4.23. The van der Waals surface area contributed by atoms with Crippen molar-refractivity contribution in [2.45, 2.75) is 18.9 Å². The first kappa shape index (κ1) is 17.7. The average molecular weight is 393 g/mol. The monoisotopic (exact) mass is 393 g/mol. The topological polar surface area (TPSA) is 76.0 Å². The molecule has 0 atom stereocenters. The molecule has 3 heterocycles. The molecule has 1 aliphatic rings. The van der Waals surface area contributed by atoms with Crippen LogP contribution >= 0.6 is 0 Å². The summed E-state index contributed by atoms with van der Waals surface area (Å²) in [6.07, 6.45) is 3.08. The number of halogens is 1. The van der Waals surface area contributed by atoms with Gasteiger partial charge in [-0.1, -0.05) is 12.1 Å². The fourth-order valence-electron chi connectivity index (χ4n) is 4.23. The maximum Gasteiger partial charge on any atom is 0.326 e. The largest absolute Gasteiger partial charge is 0.494 e. The highest BCUT2D eigenvalue weighted by Crippen LogP contribution is 2.32. The number of benzene rings is 2. The van der Waals surface area contributed by atoms with E-state index in [1.165, 1.54) is 19.5 Å². The van der Waals surface area contributed by atoms with Crippen LogP contribution in [0.1, 0.15) is 18.9 Å². The Morgan fingerprint density at radius 2 is 1.97 bits per heavy atom. The Balaban J connectivity index is 1.45. The van der Waals surface area contributed by atoms with Crippen molar-refractivity contribution in [3.05, 3.63) is 59.0 Å². The second kappa shape index (κ2) is 6.88. The Labute approximate surface area is 165 Å². The summed E-state index contributed by atoms with van der Waals surface area (Å²) < 4.78 is 21.0. The maximum atomic E-state index is 14.0. The zero-order chi connectivity index (χ0) is 20.0. The number of ether oxygens (including phenoxy) is 1. The van der Waals surface area contributed by atoms with E-state index < -0.39 is 5.82 Å². The number of anilines is 1. The van der Waals surface area contributed by atoms with E-state index in [1.54, 1.807) is 6.07 Å². The van der Waals surface area contributed by atoms with Crippen LogP contribution in [0, 0.1) is 5.82 Å². The van der Waals surface area contributed by atoms with Crippen LogP contribution in [0.4, 0.5) is 10.2 Å². The molecular formula is C21H20FN5O2. The minimum absolute atomic E-state index is 0.0719. The van der Waals surface area contributed by atoms with Crippen molar-refractivity contribution in [2.75, 3.05) is 25.1 Å². The van der Waals surface area contributed by atoms with E-state index in [9.17, 15) is 9.18 Å². The van der Waals surface area contributed by atoms with E-state index in [0.29, 0.717) is 5.52 Å². The Kier molecular flexibility index (Phi) is 4.19. The first-order chi connectivity index (χ1) is 14.2. The van der Waals surface area contributed by atoms with E-state index in [2.05, 4.69) is 19.9 Å². The molecule has 0 bridgehead atoms. The Morgan fingerprint density at radius 1 is 1.17 bits per heavy atom. The first-order valence-electron chi connectivity index (χ1n) is 9.58. The number of para-hydroxylation sites is 2.